The summed E-state index contributed by atoms with van der Waals surface area (Å²) in [6.07, 6.45) is 8.13. The molecule has 2 fully saturated rings. The van der Waals surface area contributed by atoms with Crippen LogP contribution in [-0.4, -0.2) is 37.1 Å². The summed E-state index contributed by atoms with van der Waals surface area (Å²) in [6, 6.07) is 2.26. The van der Waals surface area contributed by atoms with E-state index in [4.69, 9.17) is 88.6 Å². The van der Waals surface area contributed by atoms with Crippen LogP contribution in [0.15, 0.2) is 12.1 Å². The third-order valence-corrected chi connectivity index (χ3v) is 10.9. The lowest BCUT2D eigenvalue weighted by Crippen LogP contribution is -2.27. The Kier molecular flexibility index (Phi) is 13.2. The van der Waals surface area contributed by atoms with Crippen LogP contribution in [0, 0.1) is 23.7 Å². The van der Waals surface area contributed by atoms with Crippen molar-refractivity contribution in [3.05, 3.63) is 53.4 Å². The van der Waals surface area contributed by atoms with Gasteiger partial charge in [-0.05, 0) is 48.6 Å². The molecule has 2 aromatic rings. The molecule has 2 atom stereocenters. The van der Waals surface area contributed by atoms with Crippen LogP contribution in [0.4, 0.5) is 0 Å². The number of hydrogen-bond donors (Lipinski definition) is 0. The van der Waals surface area contributed by atoms with E-state index in [1.807, 2.05) is 0 Å². The zero-order chi connectivity index (χ0) is 33.7. The highest BCUT2D eigenvalue weighted by Crippen LogP contribution is 2.42. The van der Waals surface area contributed by atoms with E-state index in [0.29, 0.717) is 36.5 Å². The summed E-state index contributed by atoms with van der Waals surface area (Å²) in [6.45, 7) is 4.31. The normalized spacial score (nSPS) is 16.1. The largest absolute Gasteiger partial charge is 0.462 e. The number of rotatable bonds is 12. The van der Waals surface area contributed by atoms with Crippen LogP contribution in [0.3, 0.4) is 0 Å². The van der Waals surface area contributed by atoms with Crippen LogP contribution < -0.4 is 9.47 Å². The van der Waals surface area contributed by atoms with Crippen molar-refractivity contribution < 1.29 is 38.1 Å². The molecule has 0 N–H and O–H groups in total. The van der Waals surface area contributed by atoms with E-state index in [1.54, 1.807) is 0 Å². The number of esters is 4. The standard InChI is InChI=1S/C32H32Cl6O8/c1-15(17-5-3-6-17)9-11-43-29(39)23-25(37)19(33)13-21(35)27(23)45-31(41)32(42)46-28-22(36)14-20(34)26(38)24(28)30(40)44-12-10-16(2)18-7-4-8-18/h13-18H,3-12H2,1-2H3. The maximum atomic E-state index is 13.1. The van der Waals surface area contributed by atoms with Crippen molar-refractivity contribution in [2.45, 2.75) is 65.2 Å². The highest BCUT2D eigenvalue weighted by atomic mass is 35.5. The van der Waals surface area contributed by atoms with Gasteiger partial charge < -0.3 is 18.9 Å². The van der Waals surface area contributed by atoms with Crippen LogP contribution in [0.25, 0.3) is 0 Å². The molecule has 2 unspecified atom stereocenters. The van der Waals surface area contributed by atoms with Crippen molar-refractivity contribution in [2.75, 3.05) is 13.2 Å². The minimum atomic E-state index is -1.64. The van der Waals surface area contributed by atoms with Gasteiger partial charge in [0.15, 0.2) is 11.5 Å². The molecule has 8 nitrogen and oxygen atoms in total. The highest BCUT2D eigenvalue weighted by Gasteiger charge is 2.33. The summed E-state index contributed by atoms with van der Waals surface area (Å²) in [7, 11) is 0. The number of carbonyl (C=O) groups excluding carboxylic acids is 4. The quantitative estimate of drug-likeness (QED) is 0.0912. The summed E-state index contributed by atoms with van der Waals surface area (Å²) in [5.74, 6) is -4.49. The monoisotopic (exact) mass is 754 g/mol. The molecule has 46 heavy (non-hydrogen) atoms. The minimum absolute atomic E-state index is 0.0700. The smallest absolute Gasteiger partial charge is 0.423 e. The van der Waals surface area contributed by atoms with Gasteiger partial charge in [0.1, 0.15) is 11.1 Å². The molecule has 2 saturated carbocycles. The first-order valence-electron chi connectivity index (χ1n) is 14.9. The minimum Gasteiger partial charge on any atom is -0.462 e. The lowest BCUT2D eigenvalue weighted by Gasteiger charge is -2.31. The van der Waals surface area contributed by atoms with Gasteiger partial charge in [-0.3, -0.25) is 0 Å². The van der Waals surface area contributed by atoms with Gasteiger partial charge in [-0.25, -0.2) is 19.2 Å². The fraction of sp³-hybridized carbons (Fsp3) is 0.500. The Morgan fingerprint density at radius 1 is 0.630 bits per heavy atom. The summed E-state index contributed by atoms with van der Waals surface area (Å²) in [4.78, 5) is 52.0. The van der Waals surface area contributed by atoms with Crippen molar-refractivity contribution in [1.29, 1.82) is 0 Å². The maximum Gasteiger partial charge on any atom is 0.423 e. The Hall–Kier alpha value is -1.94. The number of hydrogen-bond acceptors (Lipinski definition) is 8. The highest BCUT2D eigenvalue weighted by molar-refractivity contribution is 6.47. The van der Waals surface area contributed by atoms with Gasteiger partial charge in [0.2, 0.25) is 0 Å². The zero-order valence-electron chi connectivity index (χ0n) is 25.1. The molecule has 2 aliphatic carbocycles. The second kappa shape index (κ2) is 16.4. The summed E-state index contributed by atoms with van der Waals surface area (Å²) < 4.78 is 21.1. The Balaban J connectivity index is 1.48. The number of benzene rings is 2. The molecule has 250 valence electrons. The van der Waals surface area contributed by atoms with Gasteiger partial charge in [0, 0.05) is 0 Å². The number of halogens is 6. The van der Waals surface area contributed by atoms with Crippen LogP contribution in [0.2, 0.25) is 30.1 Å². The molecule has 0 spiro atoms. The van der Waals surface area contributed by atoms with Crippen LogP contribution in [0.5, 0.6) is 11.5 Å². The lowest BCUT2D eigenvalue weighted by atomic mass is 9.75. The predicted molar refractivity (Wildman–Crippen MR) is 177 cm³/mol. The Morgan fingerprint density at radius 2 is 0.978 bits per heavy atom. The molecule has 0 bridgehead atoms. The van der Waals surface area contributed by atoms with Crippen molar-refractivity contribution in [1.82, 2.24) is 0 Å². The summed E-state index contributed by atoms with van der Waals surface area (Å²) in [5, 5.41) is -1.45. The first-order valence-corrected chi connectivity index (χ1v) is 17.2. The first-order chi connectivity index (χ1) is 21.8. The van der Waals surface area contributed by atoms with E-state index in [2.05, 4.69) is 13.8 Å². The summed E-state index contributed by atoms with van der Waals surface area (Å²) >= 11 is 37.3. The van der Waals surface area contributed by atoms with E-state index in [0.717, 1.165) is 37.8 Å². The van der Waals surface area contributed by atoms with Gasteiger partial charge in [0.05, 0.1) is 43.3 Å². The average molecular weight is 757 g/mol. The van der Waals surface area contributed by atoms with Crippen LogP contribution in [-0.2, 0) is 19.1 Å². The Labute approximate surface area is 297 Å². The van der Waals surface area contributed by atoms with Crippen LogP contribution in [0.1, 0.15) is 85.9 Å². The first kappa shape index (κ1) is 36.9. The van der Waals surface area contributed by atoms with E-state index in [1.165, 1.54) is 12.8 Å². The van der Waals surface area contributed by atoms with Gasteiger partial charge in [-0.1, -0.05) is 122 Å². The van der Waals surface area contributed by atoms with E-state index in [-0.39, 0.29) is 43.3 Å². The molecule has 0 aliphatic heterocycles. The fourth-order valence-corrected chi connectivity index (χ4v) is 6.74. The van der Waals surface area contributed by atoms with Crippen molar-refractivity contribution >= 4 is 93.5 Å². The van der Waals surface area contributed by atoms with E-state index < -0.39 is 46.5 Å². The average Bonchev–Trinajstić information content (AvgIpc) is 2.92. The molecule has 14 heteroatoms. The molecule has 0 heterocycles. The van der Waals surface area contributed by atoms with Gasteiger partial charge in [-0.2, -0.15) is 0 Å². The second-order valence-electron chi connectivity index (χ2n) is 11.7. The lowest BCUT2D eigenvalue weighted by molar-refractivity contribution is -0.156. The van der Waals surface area contributed by atoms with Gasteiger partial charge in [0.25, 0.3) is 0 Å². The third kappa shape index (κ3) is 8.74. The van der Waals surface area contributed by atoms with E-state index in [9.17, 15) is 19.2 Å². The zero-order valence-corrected chi connectivity index (χ0v) is 29.6. The predicted octanol–water partition coefficient (Wildman–Crippen LogP) is 10.1. The topological polar surface area (TPSA) is 105 Å². The Morgan fingerprint density at radius 3 is 1.28 bits per heavy atom. The molecular formula is C32H32Cl6O8. The molecule has 0 amide bonds. The SMILES string of the molecule is CC(CCOC(=O)c1c(Cl)c(Cl)cc(Cl)c1OC(=O)C(=O)Oc1c(Cl)cc(Cl)c(Cl)c1C(=O)OCCC(C)C1CCC1)C1CCC1. The van der Waals surface area contributed by atoms with Crippen molar-refractivity contribution in [3.63, 3.8) is 0 Å². The summed E-state index contributed by atoms with van der Waals surface area (Å²) in [5.41, 5.74) is -0.908. The molecule has 0 saturated heterocycles. The molecule has 2 aliphatic rings. The van der Waals surface area contributed by atoms with Gasteiger partial charge >= 0.3 is 23.9 Å². The molecule has 2 aromatic carbocycles. The van der Waals surface area contributed by atoms with E-state index >= 15 is 0 Å². The Bertz CT molecular complexity index is 1390. The number of ether oxygens (including phenoxy) is 4. The van der Waals surface area contributed by atoms with Crippen LogP contribution >= 0.6 is 69.6 Å². The molecule has 0 radical (unpaired) electrons. The van der Waals surface area contributed by atoms with Crippen molar-refractivity contribution in [2.24, 2.45) is 23.7 Å². The van der Waals surface area contributed by atoms with Crippen molar-refractivity contribution in [3.8, 4) is 11.5 Å². The number of carbonyl (C=O) groups is 4. The second-order valence-corrected chi connectivity index (χ2v) is 14.1. The maximum absolute atomic E-state index is 13.1. The molecule has 4 rings (SSSR count). The van der Waals surface area contributed by atoms with Gasteiger partial charge in [-0.15, -0.1) is 0 Å². The third-order valence-electron chi connectivity index (χ3n) is 8.74. The fourth-order valence-electron chi connectivity index (χ4n) is 5.30. The molecule has 0 aromatic heterocycles. The molecular weight excluding hydrogens is 725 g/mol.